The number of alkyl halides is 3. The lowest BCUT2D eigenvalue weighted by atomic mass is 10.1. The molecular weight excluding hydrogens is 585 g/mol. The van der Waals surface area contributed by atoms with E-state index in [0.717, 1.165) is 29.8 Å². The first-order valence-electron chi connectivity index (χ1n) is 10.5. The third kappa shape index (κ3) is 8.92. The summed E-state index contributed by atoms with van der Waals surface area (Å²) in [6, 6.07) is 12.9. The Morgan fingerprint density at radius 3 is 2.11 bits per heavy atom. The topological polar surface area (TPSA) is 151 Å². The predicted octanol–water partition coefficient (Wildman–Crippen LogP) is 3.62. The van der Waals surface area contributed by atoms with E-state index >= 15 is 0 Å². The molecule has 0 unspecified atom stereocenters. The molecule has 0 aromatic heterocycles. The lowest BCUT2D eigenvalue weighted by Crippen LogP contribution is -2.46. The molecule has 2 aromatic rings. The number of nitrogens with one attached hydrogen (secondary N) is 1. The predicted molar refractivity (Wildman–Crippen MR) is 131 cm³/mol. The summed E-state index contributed by atoms with van der Waals surface area (Å²) >= 11 is 3.26. The SMILES string of the molecule is N#CCCN1CCN(c2ccc(NS(=O)(=O)c3ccc(Br)cc3)c(C(=O)O)c2)CC1.O=C(O)C(F)(F)F. The fourth-order valence-electron chi connectivity index (χ4n) is 3.25. The number of nitrogens with zero attached hydrogens (tertiary/aromatic N) is 3. The van der Waals surface area contributed by atoms with E-state index in [1.165, 1.54) is 24.3 Å². The maximum Gasteiger partial charge on any atom is 0.490 e. The molecule has 2 aromatic carbocycles. The normalized spacial score (nSPS) is 14.2. The van der Waals surface area contributed by atoms with Gasteiger partial charge in [0.25, 0.3) is 10.0 Å². The summed E-state index contributed by atoms with van der Waals surface area (Å²) in [6.07, 6.45) is -4.60. The summed E-state index contributed by atoms with van der Waals surface area (Å²) in [4.78, 5) is 25.0. The van der Waals surface area contributed by atoms with E-state index in [0.29, 0.717) is 19.5 Å². The smallest absolute Gasteiger partial charge is 0.478 e. The molecule has 200 valence electrons. The monoisotopic (exact) mass is 606 g/mol. The Labute approximate surface area is 219 Å². The minimum Gasteiger partial charge on any atom is -0.478 e. The molecule has 3 N–H and O–H groups in total. The van der Waals surface area contributed by atoms with E-state index in [9.17, 15) is 31.5 Å². The second kappa shape index (κ2) is 12.7. The fourth-order valence-corrected chi connectivity index (χ4v) is 4.59. The van der Waals surface area contributed by atoms with Crippen molar-refractivity contribution in [1.82, 2.24) is 4.90 Å². The zero-order valence-corrected chi connectivity index (χ0v) is 21.5. The number of nitriles is 1. The highest BCUT2D eigenvalue weighted by molar-refractivity contribution is 9.10. The lowest BCUT2D eigenvalue weighted by molar-refractivity contribution is -0.192. The van der Waals surface area contributed by atoms with Crippen molar-refractivity contribution in [2.45, 2.75) is 17.5 Å². The molecule has 1 fully saturated rings. The number of benzene rings is 2. The van der Waals surface area contributed by atoms with Crippen molar-refractivity contribution in [1.29, 1.82) is 5.26 Å². The Morgan fingerprint density at radius 1 is 1.05 bits per heavy atom. The number of anilines is 2. The summed E-state index contributed by atoms with van der Waals surface area (Å²) in [7, 11) is -3.92. The van der Waals surface area contributed by atoms with Crippen molar-refractivity contribution in [3.05, 3.63) is 52.5 Å². The summed E-state index contributed by atoms with van der Waals surface area (Å²) < 4.78 is 60.1. The fraction of sp³-hybridized carbons (Fsp3) is 0.318. The number of halogens is 4. The van der Waals surface area contributed by atoms with Crippen molar-refractivity contribution in [3.8, 4) is 6.07 Å². The van der Waals surface area contributed by atoms with Crippen LogP contribution < -0.4 is 9.62 Å². The van der Waals surface area contributed by atoms with Gasteiger partial charge in [0.05, 0.1) is 22.2 Å². The molecule has 1 heterocycles. The number of hydrogen-bond acceptors (Lipinski definition) is 7. The molecule has 0 saturated carbocycles. The van der Waals surface area contributed by atoms with Gasteiger partial charge in [-0.25, -0.2) is 18.0 Å². The molecule has 0 aliphatic carbocycles. The van der Waals surface area contributed by atoms with Gasteiger partial charge in [0.1, 0.15) is 0 Å². The summed E-state index contributed by atoms with van der Waals surface area (Å²) in [5.74, 6) is -3.97. The highest BCUT2D eigenvalue weighted by atomic mass is 79.9. The first-order valence-corrected chi connectivity index (χ1v) is 12.8. The van der Waals surface area contributed by atoms with Crippen LogP contribution in [-0.2, 0) is 14.8 Å². The van der Waals surface area contributed by atoms with Crippen LogP contribution in [0.5, 0.6) is 0 Å². The molecule has 0 atom stereocenters. The van der Waals surface area contributed by atoms with Crippen molar-refractivity contribution in [2.24, 2.45) is 0 Å². The number of carboxylic acids is 2. The molecule has 15 heteroatoms. The van der Waals surface area contributed by atoms with Gasteiger partial charge in [-0.05, 0) is 42.5 Å². The zero-order valence-electron chi connectivity index (χ0n) is 19.1. The van der Waals surface area contributed by atoms with Crippen LogP contribution in [0.4, 0.5) is 24.5 Å². The minimum absolute atomic E-state index is 0.0156. The molecule has 1 saturated heterocycles. The highest BCUT2D eigenvalue weighted by Gasteiger charge is 2.38. The van der Waals surface area contributed by atoms with Gasteiger partial charge in [0, 0.05) is 49.3 Å². The van der Waals surface area contributed by atoms with Gasteiger partial charge in [-0.2, -0.15) is 18.4 Å². The number of carbonyl (C=O) groups is 2. The van der Waals surface area contributed by atoms with Crippen LogP contribution in [0.1, 0.15) is 16.8 Å². The number of carboxylic acid groups (broad SMARTS) is 2. The lowest BCUT2D eigenvalue weighted by Gasteiger charge is -2.36. The quantitative estimate of drug-likeness (QED) is 0.429. The van der Waals surface area contributed by atoms with Crippen molar-refractivity contribution in [2.75, 3.05) is 42.3 Å². The van der Waals surface area contributed by atoms with Gasteiger partial charge in [0.15, 0.2) is 0 Å². The molecule has 10 nitrogen and oxygen atoms in total. The largest absolute Gasteiger partial charge is 0.490 e. The first kappa shape index (κ1) is 29.9. The number of hydrogen-bond donors (Lipinski definition) is 3. The third-order valence-electron chi connectivity index (χ3n) is 5.12. The molecule has 37 heavy (non-hydrogen) atoms. The average molecular weight is 607 g/mol. The summed E-state index contributed by atoms with van der Waals surface area (Å²) in [5.41, 5.74) is 0.626. The molecule has 0 bridgehead atoms. The van der Waals surface area contributed by atoms with Crippen LogP contribution in [0.15, 0.2) is 51.8 Å². The number of rotatable bonds is 7. The standard InChI is InChI=1S/C20H21BrN4O4S.C2HF3O2/c21-15-2-5-17(6-3-15)30(28,29)23-19-7-4-16(14-18(19)20(26)27)25-12-10-24(11-13-25)9-1-8-22;3-2(4,5)1(6)7/h2-7,14,23H,1,9-13H2,(H,26,27);(H,6,7). The molecule has 3 rings (SSSR count). The molecule has 0 amide bonds. The number of sulfonamides is 1. The van der Waals surface area contributed by atoms with Crippen molar-refractivity contribution in [3.63, 3.8) is 0 Å². The van der Waals surface area contributed by atoms with Gasteiger partial charge < -0.3 is 15.1 Å². The van der Waals surface area contributed by atoms with Crippen molar-refractivity contribution >= 4 is 49.3 Å². The van der Waals surface area contributed by atoms with Gasteiger partial charge >= 0.3 is 18.1 Å². The number of aliphatic carboxylic acids is 1. The number of aromatic carboxylic acids is 1. The average Bonchev–Trinajstić information content (AvgIpc) is 2.83. The van der Waals surface area contributed by atoms with E-state index < -0.39 is 28.1 Å². The summed E-state index contributed by atoms with van der Waals surface area (Å²) in [5, 5.41) is 25.5. The van der Waals surface area contributed by atoms with Crippen LogP contribution in [0, 0.1) is 11.3 Å². The van der Waals surface area contributed by atoms with E-state index in [-0.39, 0.29) is 16.1 Å². The van der Waals surface area contributed by atoms with Crippen LogP contribution in [0.2, 0.25) is 0 Å². The van der Waals surface area contributed by atoms with Crippen molar-refractivity contribution < 1.29 is 41.4 Å². The second-order valence-electron chi connectivity index (χ2n) is 7.63. The maximum absolute atomic E-state index is 12.6. The van der Waals surface area contributed by atoms with Gasteiger partial charge in [-0.15, -0.1) is 0 Å². The maximum atomic E-state index is 12.6. The Morgan fingerprint density at radius 2 is 1.62 bits per heavy atom. The van der Waals surface area contributed by atoms with Crippen LogP contribution in [0.25, 0.3) is 0 Å². The molecule has 1 aliphatic rings. The first-order chi connectivity index (χ1) is 17.2. The molecule has 1 aliphatic heterocycles. The molecule has 0 spiro atoms. The Hall–Kier alpha value is -3.35. The van der Waals surface area contributed by atoms with Crippen LogP contribution in [-0.4, -0.2) is 74.4 Å². The second-order valence-corrected chi connectivity index (χ2v) is 10.2. The zero-order chi connectivity index (χ0) is 27.8. The van der Waals surface area contributed by atoms with Crippen LogP contribution in [0.3, 0.4) is 0 Å². The van der Waals surface area contributed by atoms with Gasteiger partial charge in [0.2, 0.25) is 0 Å². The van der Waals surface area contributed by atoms with Gasteiger partial charge in [-0.3, -0.25) is 9.62 Å². The minimum atomic E-state index is -5.08. The molecule has 0 radical (unpaired) electrons. The summed E-state index contributed by atoms with van der Waals surface area (Å²) in [6.45, 7) is 3.69. The van der Waals surface area contributed by atoms with E-state index in [2.05, 4.69) is 36.5 Å². The van der Waals surface area contributed by atoms with E-state index in [1.54, 1.807) is 18.2 Å². The van der Waals surface area contributed by atoms with Crippen LogP contribution >= 0.6 is 15.9 Å². The third-order valence-corrected chi connectivity index (χ3v) is 7.03. The highest BCUT2D eigenvalue weighted by Crippen LogP contribution is 2.27. The molecular formula is C22H22BrF3N4O6S. The Bertz CT molecular complexity index is 1260. The number of piperazine rings is 1. The van der Waals surface area contributed by atoms with E-state index in [1.807, 2.05) is 0 Å². The Balaban J connectivity index is 0.000000604. The Kier molecular flexibility index (Phi) is 10.3. The van der Waals surface area contributed by atoms with Gasteiger partial charge in [-0.1, -0.05) is 15.9 Å². The van der Waals surface area contributed by atoms with E-state index in [4.69, 9.17) is 15.2 Å².